The molecule has 11 heteroatoms. The lowest BCUT2D eigenvalue weighted by Gasteiger charge is -2.34. The number of carbonyl (C=O) groups is 2. The number of anilines is 1. The summed E-state index contributed by atoms with van der Waals surface area (Å²) in [4.78, 5) is 28.5. The Morgan fingerprint density at radius 1 is 1.05 bits per heavy atom. The number of sulfonamides is 1. The second-order valence-electron chi connectivity index (χ2n) is 9.24. The van der Waals surface area contributed by atoms with Crippen LogP contribution in [0.3, 0.4) is 0 Å². The fraction of sp³-hybridized carbons (Fsp3) is 0.462. The highest BCUT2D eigenvalue weighted by Gasteiger charge is 2.33. The monoisotopic (exact) mass is 571 g/mol. The summed E-state index contributed by atoms with van der Waals surface area (Å²) in [6, 6.07) is 8.90. The third-order valence-corrected chi connectivity index (χ3v) is 8.37. The highest BCUT2D eigenvalue weighted by molar-refractivity contribution is 7.92. The van der Waals surface area contributed by atoms with Crippen LogP contribution in [-0.2, 0) is 26.2 Å². The molecule has 0 saturated heterocycles. The molecule has 7 nitrogen and oxygen atoms in total. The van der Waals surface area contributed by atoms with E-state index in [9.17, 15) is 22.4 Å². The number of amides is 2. The van der Waals surface area contributed by atoms with Crippen LogP contribution in [0.5, 0.6) is 0 Å². The van der Waals surface area contributed by atoms with Crippen LogP contribution in [0.25, 0.3) is 0 Å². The van der Waals surface area contributed by atoms with E-state index in [1.807, 2.05) is 0 Å². The van der Waals surface area contributed by atoms with Crippen molar-refractivity contribution in [3.8, 4) is 0 Å². The first kappa shape index (κ1) is 29.2. The van der Waals surface area contributed by atoms with Crippen molar-refractivity contribution < 1.29 is 22.4 Å². The van der Waals surface area contributed by atoms with Crippen LogP contribution in [0, 0.1) is 5.82 Å². The Kier molecular flexibility index (Phi) is 10.2. The summed E-state index contributed by atoms with van der Waals surface area (Å²) < 4.78 is 39.6. The highest BCUT2D eigenvalue weighted by atomic mass is 35.5. The second-order valence-corrected chi connectivity index (χ2v) is 12.0. The van der Waals surface area contributed by atoms with Gasteiger partial charge in [-0.15, -0.1) is 0 Å². The van der Waals surface area contributed by atoms with E-state index in [-0.39, 0.29) is 24.2 Å². The first-order valence-corrected chi connectivity index (χ1v) is 14.9. The van der Waals surface area contributed by atoms with Crippen molar-refractivity contribution in [3.63, 3.8) is 0 Å². The number of carbonyl (C=O) groups excluding carboxylic acids is 2. The van der Waals surface area contributed by atoms with E-state index < -0.39 is 34.3 Å². The van der Waals surface area contributed by atoms with Crippen LogP contribution in [0.4, 0.5) is 10.1 Å². The molecule has 1 fully saturated rings. The molecule has 0 aliphatic heterocycles. The molecule has 2 amide bonds. The molecule has 0 spiro atoms. The van der Waals surface area contributed by atoms with Gasteiger partial charge in [0.2, 0.25) is 21.8 Å². The van der Waals surface area contributed by atoms with Gasteiger partial charge in [0.1, 0.15) is 18.4 Å². The van der Waals surface area contributed by atoms with Crippen molar-refractivity contribution in [3.05, 3.63) is 63.9 Å². The van der Waals surface area contributed by atoms with Crippen molar-refractivity contribution in [2.75, 3.05) is 17.1 Å². The first-order valence-electron chi connectivity index (χ1n) is 12.3. The van der Waals surface area contributed by atoms with Crippen molar-refractivity contribution >= 4 is 50.7 Å². The molecular weight excluding hydrogens is 540 g/mol. The van der Waals surface area contributed by atoms with E-state index in [1.165, 1.54) is 17.0 Å². The lowest BCUT2D eigenvalue weighted by Crippen LogP contribution is -2.54. The molecule has 1 unspecified atom stereocenters. The SMILES string of the molecule is CCC(C(=O)NC1CCCCC1)N(Cc1c(Cl)cccc1Cl)C(=O)CN(c1ccc(F)cc1)S(C)(=O)=O. The molecule has 1 aliphatic rings. The summed E-state index contributed by atoms with van der Waals surface area (Å²) in [5.41, 5.74) is 0.587. The smallest absolute Gasteiger partial charge is 0.244 e. The minimum absolute atomic E-state index is 0.0305. The summed E-state index contributed by atoms with van der Waals surface area (Å²) in [6.45, 7) is 1.11. The van der Waals surface area contributed by atoms with Crippen molar-refractivity contribution in [2.24, 2.45) is 0 Å². The van der Waals surface area contributed by atoms with Gasteiger partial charge in [0.05, 0.1) is 11.9 Å². The summed E-state index contributed by atoms with van der Waals surface area (Å²) >= 11 is 12.8. The van der Waals surface area contributed by atoms with Gasteiger partial charge in [-0.3, -0.25) is 13.9 Å². The quantitative estimate of drug-likeness (QED) is 0.427. The summed E-state index contributed by atoms with van der Waals surface area (Å²) in [6.07, 6.45) is 6.19. The van der Waals surface area contributed by atoms with Gasteiger partial charge in [-0.2, -0.15) is 0 Å². The molecule has 0 aromatic heterocycles. The molecule has 1 atom stereocenters. The van der Waals surface area contributed by atoms with E-state index in [2.05, 4.69) is 5.32 Å². The van der Waals surface area contributed by atoms with Gasteiger partial charge < -0.3 is 10.2 Å². The zero-order valence-corrected chi connectivity index (χ0v) is 23.3. The number of halogens is 3. The van der Waals surface area contributed by atoms with E-state index in [0.29, 0.717) is 22.0 Å². The van der Waals surface area contributed by atoms with E-state index >= 15 is 0 Å². The molecule has 202 valence electrons. The van der Waals surface area contributed by atoms with Crippen LogP contribution in [0.2, 0.25) is 10.0 Å². The fourth-order valence-electron chi connectivity index (χ4n) is 4.54. The van der Waals surface area contributed by atoms with Crippen LogP contribution >= 0.6 is 23.2 Å². The van der Waals surface area contributed by atoms with Gasteiger partial charge in [-0.05, 0) is 55.7 Å². The van der Waals surface area contributed by atoms with E-state index in [1.54, 1.807) is 25.1 Å². The maximum Gasteiger partial charge on any atom is 0.244 e. The highest BCUT2D eigenvalue weighted by Crippen LogP contribution is 2.28. The molecule has 0 bridgehead atoms. The maximum absolute atomic E-state index is 13.7. The van der Waals surface area contributed by atoms with Gasteiger partial charge in [0.15, 0.2) is 0 Å². The maximum atomic E-state index is 13.7. The predicted molar refractivity (Wildman–Crippen MR) is 145 cm³/mol. The molecule has 2 aromatic carbocycles. The zero-order chi connectivity index (χ0) is 27.2. The second kappa shape index (κ2) is 12.9. The molecule has 3 rings (SSSR count). The number of nitrogens with one attached hydrogen (secondary N) is 1. The van der Waals surface area contributed by atoms with Crippen LogP contribution in [0.1, 0.15) is 51.0 Å². The average Bonchev–Trinajstić information content (AvgIpc) is 2.84. The largest absolute Gasteiger partial charge is 0.352 e. The Hall–Kier alpha value is -2.36. The summed E-state index contributed by atoms with van der Waals surface area (Å²) in [7, 11) is -3.91. The van der Waals surface area contributed by atoms with Gasteiger partial charge in [0.25, 0.3) is 0 Å². The molecule has 37 heavy (non-hydrogen) atoms. The van der Waals surface area contributed by atoms with Crippen molar-refractivity contribution in [2.45, 2.75) is 64.1 Å². The average molecular weight is 573 g/mol. The number of benzene rings is 2. The van der Waals surface area contributed by atoms with Crippen molar-refractivity contribution in [1.29, 1.82) is 0 Å². The Bertz CT molecular complexity index is 1180. The minimum atomic E-state index is -3.91. The van der Waals surface area contributed by atoms with Crippen LogP contribution in [0.15, 0.2) is 42.5 Å². The fourth-order valence-corrected chi connectivity index (χ4v) is 5.91. The molecule has 1 N–H and O–H groups in total. The Morgan fingerprint density at radius 3 is 2.19 bits per heavy atom. The molecule has 1 aliphatic carbocycles. The van der Waals surface area contributed by atoms with Crippen LogP contribution in [-0.4, -0.2) is 50.0 Å². The minimum Gasteiger partial charge on any atom is -0.352 e. The van der Waals surface area contributed by atoms with Gasteiger partial charge in [0, 0.05) is 28.2 Å². The van der Waals surface area contributed by atoms with E-state index in [0.717, 1.165) is 54.8 Å². The lowest BCUT2D eigenvalue weighted by molar-refractivity contribution is -0.140. The number of rotatable bonds is 10. The van der Waals surface area contributed by atoms with Crippen LogP contribution < -0.4 is 9.62 Å². The lowest BCUT2D eigenvalue weighted by atomic mass is 9.95. The summed E-state index contributed by atoms with van der Waals surface area (Å²) in [5.74, 6) is -1.46. The van der Waals surface area contributed by atoms with Gasteiger partial charge in [-0.1, -0.05) is 55.5 Å². The Labute approximate surface area is 228 Å². The molecule has 0 heterocycles. The first-order chi connectivity index (χ1) is 17.5. The number of hydrogen-bond acceptors (Lipinski definition) is 4. The van der Waals surface area contributed by atoms with Gasteiger partial charge in [-0.25, -0.2) is 12.8 Å². The standard InChI is InChI=1S/C26H32Cl2FN3O4S/c1-3-24(26(34)30-19-8-5-4-6-9-19)31(16-21-22(27)10-7-11-23(21)28)25(33)17-32(37(2,35)36)20-14-12-18(29)13-15-20/h7,10-15,19,24H,3-6,8-9,16-17H2,1-2H3,(H,30,34). The molecule has 0 radical (unpaired) electrons. The normalized spacial score (nSPS) is 15.2. The summed E-state index contributed by atoms with van der Waals surface area (Å²) in [5, 5.41) is 3.72. The molecule has 2 aromatic rings. The Morgan fingerprint density at radius 2 is 1.65 bits per heavy atom. The Balaban J connectivity index is 1.95. The zero-order valence-electron chi connectivity index (χ0n) is 20.9. The van der Waals surface area contributed by atoms with Gasteiger partial charge >= 0.3 is 0 Å². The molecular formula is C26H32Cl2FN3O4S. The van der Waals surface area contributed by atoms with Crippen molar-refractivity contribution in [1.82, 2.24) is 10.2 Å². The topological polar surface area (TPSA) is 86.8 Å². The van der Waals surface area contributed by atoms with E-state index in [4.69, 9.17) is 23.2 Å². The predicted octanol–water partition coefficient (Wildman–Crippen LogP) is 5.15. The number of nitrogens with zero attached hydrogens (tertiary/aromatic N) is 2. The molecule has 1 saturated carbocycles. The number of hydrogen-bond donors (Lipinski definition) is 1. The third kappa shape index (κ3) is 7.82. The third-order valence-electron chi connectivity index (χ3n) is 6.52.